The lowest BCUT2D eigenvalue weighted by Crippen LogP contribution is -2.36. The lowest BCUT2D eigenvalue weighted by molar-refractivity contribution is 0.0700. The first-order chi connectivity index (χ1) is 9.45. The van der Waals surface area contributed by atoms with Gasteiger partial charge in [-0.15, -0.1) is 0 Å². The van der Waals surface area contributed by atoms with Crippen LogP contribution in [0.4, 0.5) is 0 Å². The minimum atomic E-state index is -0.0716. The van der Waals surface area contributed by atoms with E-state index >= 15 is 0 Å². The number of benzene rings is 1. The fraction of sp³-hybridized carbons (Fsp3) is 0.385. The summed E-state index contributed by atoms with van der Waals surface area (Å²) in [7, 11) is 1.60. The Morgan fingerprint density at radius 3 is 2.65 bits per heavy atom. The molecule has 1 aromatic rings. The Morgan fingerprint density at radius 1 is 1.40 bits per heavy atom. The van der Waals surface area contributed by atoms with Crippen molar-refractivity contribution in [3.8, 4) is 0 Å². The van der Waals surface area contributed by atoms with E-state index in [4.69, 9.17) is 22.7 Å². The number of halogens is 2. The van der Waals surface area contributed by atoms with Crippen LogP contribution >= 0.6 is 44.1 Å². The van der Waals surface area contributed by atoms with Gasteiger partial charge in [-0.1, -0.05) is 28.1 Å². The first-order valence-electron chi connectivity index (χ1n) is 5.97. The molecule has 0 saturated carbocycles. The first kappa shape index (κ1) is 17.6. The van der Waals surface area contributed by atoms with Gasteiger partial charge in [0.2, 0.25) is 0 Å². The maximum Gasteiger partial charge on any atom is 0.255 e. The number of carbonyl (C=O) groups excluding carboxylic acids is 1. The van der Waals surface area contributed by atoms with Gasteiger partial charge in [0.1, 0.15) is 0 Å². The summed E-state index contributed by atoms with van der Waals surface area (Å²) in [6, 6.07) is 5.45. The van der Waals surface area contributed by atoms with Crippen LogP contribution in [0.25, 0.3) is 0 Å². The lowest BCUT2D eigenvalue weighted by atomic mass is 10.2. The van der Waals surface area contributed by atoms with E-state index in [-0.39, 0.29) is 5.91 Å². The van der Waals surface area contributed by atoms with Gasteiger partial charge in [0.05, 0.1) is 17.2 Å². The highest BCUT2D eigenvalue weighted by molar-refractivity contribution is 9.11. The Labute approximate surface area is 140 Å². The number of amides is 1. The van der Waals surface area contributed by atoms with E-state index in [1.165, 1.54) is 0 Å². The average molecular weight is 424 g/mol. The Balaban J connectivity index is 2.87. The fourth-order valence-electron chi connectivity index (χ4n) is 1.59. The van der Waals surface area contributed by atoms with E-state index < -0.39 is 0 Å². The van der Waals surface area contributed by atoms with E-state index in [0.717, 1.165) is 8.95 Å². The van der Waals surface area contributed by atoms with Gasteiger partial charge in [0.25, 0.3) is 5.91 Å². The molecule has 4 nitrogen and oxygen atoms in total. The molecule has 7 heteroatoms. The van der Waals surface area contributed by atoms with Crippen LogP contribution in [0.1, 0.15) is 16.8 Å². The third-order valence-corrected chi connectivity index (χ3v) is 4.00. The van der Waals surface area contributed by atoms with Gasteiger partial charge in [-0.2, -0.15) is 0 Å². The third-order valence-electron chi connectivity index (χ3n) is 2.64. The smallest absolute Gasteiger partial charge is 0.255 e. The van der Waals surface area contributed by atoms with Crippen LogP contribution in [0, 0.1) is 0 Å². The molecule has 2 N–H and O–H groups in total. The molecule has 0 atom stereocenters. The average Bonchev–Trinajstić information content (AvgIpc) is 2.38. The summed E-state index contributed by atoms with van der Waals surface area (Å²) in [6.45, 7) is 1.46. The summed E-state index contributed by atoms with van der Waals surface area (Å²) in [5.41, 5.74) is 6.11. The summed E-state index contributed by atoms with van der Waals surface area (Å²) in [4.78, 5) is 14.6. The number of hydrogen-bond donors (Lipinski definition) is 1. The maximum absolute atomic E-state index is 12.5. The highest BCUT2D eigenvalue weighted by Crippen LogP contribution is 2.23. The summed E-state index contributed by atoms with van der Waals surface area (Å²) >= 11 is 11.6. The third kappa shape index (κ3) is 5.47. The van der Waals surface area contributed by atoms with Crippen molar-refractivity contribution in [1.29, 1.82) is 0 Å². The van der Waals surface area contributed by atoms with Crippen LogP contribution in [0.3, 0.4) is 0 Å². The number of methoxy groups -OCH3 is 1. The number of nitrogens with two attached hydrogens (primary N) is 1. The van der Waals surface area contributed by atoms with Gasteiger partial charge >= 0.3 is 0 Å². The highest BCUT2D eigenvalue weighted by atomic mass is 79.9. The molecule has 20 heavy (non-hydrogen) atoms. The molecular weight excluding hydrogens is 408 g/mol. The molecule has 110 valence electrons. The topological polar surface area (TPSA) is 55.6 Å². The molecule has 0 aliphatic carbocycles. The molecule has 0 bridgehead atoms. The van der Waals surface area contributed by atoms with Crippen LogP contribution in [0.15, 0.2) is 27.1 Å². The van der Waals surface area contributed by atoms with E-state index in [2.05, 4.69) is 31.9 Å². The molecule has 1 amide bonds. The standard InChI is InChI=1S/C13H16Br2N2O2S/c1-19-7-6-17(5-4-12(16)20)13(18)10-3-2-9(14)8-11(10)15/h2-3,8H,4-7H2,1H3,(H2,16,20). The molecule has 0 fully saturated rings. The van der Waals surface area contributed by atoms with Crippen LogP contribution in [0.2, 0.25) is 0 Å². The van der Waals surface area contributed by atoms with Gasteiger partial charge < -0.3 is 15.4 Å². The Kier molecular flexibility index (Phi) is 7.65. The maximum atomic E-state index is 12.5. The number of ether oxygens (including phenoxy) is 1. The van der Waals surface area contributed by atoms with Gasteiger partial charge in [-0.25, -0.2) is 0 Å². The predicted octanol–water partition coefficient (Wildman–Crippen LogP) is 2.98. The first-order valence-corrected chi connectivity index (χ1v) is 7.96. The summed E-state index contributed by atoms with van der Waals surface area (Å²) in [5.74, 6) is -0.0716. The zero-order valence-electron chi connectivity index (χ0n) is 11.1. The SMILES string of the molecule is COCCN(CCC(N)=S)C(=O)c1ccc(Br)cc1Br. The van der Waals surface area contributed by atoms with E-state index in [1.807, 2.05) is 12.1 Å². The molecule has 0 saturated heterocycles. The van der Waals surface area contributed by atoms with Crippen molar-refractivity contribution < 1.29 is 9.53 Å². The molecular formula is C13H16Br2N2O2S. The lowest BCUT2D eigenvalue weighted by Gasteiger charge is -2.23. The van der Waals surface area contributed by atoms with E-state index in [9.17, 15) is 4.79 Å². The zero-order valence-corrected chi connectivity index (χ0v) is 15.1. The van der Waals surface area contributed by atoms with Crippen molar-refractivity contribution in [1.82, 2.24) is 4.90 Å². The van der Waals surface area contributed by atoms with Crippen LogP contribution in [0.5, 0.6) is 0 Å². The molecule has 0 heterocycles. The molecule has 0 aliphatic heterocycles. The molecule has 1 rings (SSSR count). The number of nitrogens with zero attached hydrogens (tertiary/aromatic N) is 1. The molecule has 1 aromatic carbocycles. The quantitative estimate of drug-likeness (QED) is 0.685. The Morgan fingerprint density at radius 2 is 2.10 bits per heavy atom. The van der Waals surface area contributed by atoms with Gasteiger partial charge in [0, 0.05) is 35.6 Å². The second-order valence-electron chi connectivity index (χ2n) is 4.13. The number of hydrogen-bond acceptors (Lipinski definition) is 3. The van der Waals surface area contributed by atoms with Crippen molar-refractivity contribution in [3.63, 3.8) is 0 Å². The van der Waals surface area contributed by atoms with Crippen molar-refractivity contribution in [2.45, 2.75) is 6.42 Å². The van der Waals surface area contributed by atoms with Crippen molar-refractivity contribution in [2.24, 2.45) is 5.73 Å². The van der Waals surface area contributed by atoms with Crippen LogP contribution in [-0.4, -0.2) is 42.6 Å². The normalized spacial score (nSPS) is 10.3. The van der Waals surface area contributed by atoms with E-state index in [0.29, 0.717) is 36.7 Å². The number of thiocarbonyl (C=S) groups is 1. The molecule has 0 radical (unpaired) electrons. The minimum absolute atomic E-state index is 0.0716. The summed E-state index contributed by atoms with van der Waals surface area (Å²) in [5, 5.41) is 0. The van der Waals surface area contributed by atoms with E-state index in [1.54, 1.807) is 18.1 Å². The Bertz CT molecular complexity index is 497. The predicted molar refractivity (Wildman–Crippen MR) is 91.0 cm³/mol. The second-order valence-corrected chi connectivity index (χ2v) is 6.42. The molecule has 0 aromatic heterocycles. The fourth-order valence-corrected chi connectivity index (χ4v) is 2.90. The molecule has 0 spiro atoms. The van der Waals surface area contributed by atoms with Gasteiger partial charge in [-0.05, 0) is 34.1 Å². The molecule has 0 unspecified atom stereocenters. The van der Waals surface area contributed by atoms with Gasteiger partial charge in [0.15, 0.2) is 0 Å². The number of carbonyl (C=O) groups is 1. The van der Waals surface area contributed by atoms with Crippen molar-refractivity contribution in [2.75, 3.05) is 26.8 Å². The number of rotatable bonds is 7. The monoisotopic (exact) mass is 422 g/mol. The van der Waals surface area contributed by atoms with Crippen molar-refractivity contribution >= 4 is 55.0 Å². The highest BCUT2D eigenvalue weighted by Gasteiger charge is 2.18. The summed E-state index contributed by atoms with van der Waals surface area (Å²) in [6.07, 6.45) is 0.499. The zero-order chi connectivity index (χ0) is 15.1. The summed E-state index contributed by atoms with van der Waals surface area (Å²) < 4.78 is 6.69. The van der Waals surface area contributed by atoms with Crippen LogP contribution in [-0.2, 0) is 4.74 Å². The largest absolute Gasteiger partial charge is 0.393 e. The molecule has 0 aliphatic rings. The second kappa shape index (κ2) is 8.71. The minimum Gasteiger partial charge on any atom is -0.393 e. The Hall–Kier alpha value is -0.500. The van der Waals surface area contributed by atoms with Crippen molar-refractivity contribution in [3.05, 3.63) is 32.7 Å². The van der Waals surface area contributed by atoms with Crippen LogP contribution < -0.4 is 5.73 Å². The van der Waals surface area contributed by atoms with Gasteiger partial charge in [-0.3, -0.25) is 4.79 Å².